The van der Waals surface area contributed by atoms with Crippen LogP contribution in [0.2, 0.25) is 10.0 Å². The fourth-order valence-corrected chi connectivity index (χ4v) is 3.01. The van der Waals surface area contributed by atoms with Crippen LogP contribution in [-0.4, -0.2) is 5.78 Å². The maximum Gasteiger partial charge on any atom is 0.178 e. The molecule has 0 bridgehead atoms. The zero-order valence-electron chi connectivity index (χ0n) is 9.47. The van der Waals surface area contributed by atoms with Crippen LogP contribution in [0, 0.1) is 12.7 Å². The summed E-state index contributed by atoms with van der Waals surface area (Å²) in [4.78, 5) is 12.6. The van der Waals surface area contributed by atoms with Crippen molar-refractivity contribution < 1.29 is 9.18 Å². The molecule has 0 atom stereocenters. The highest BCUT2D eigenvalue weighted by molar-refractivity contribution is 7.13. The van der Waals surface area contributed by atoms with Crippen molar-refractivity contribution in [2.24, 2.45) is 0 Å². The highest BCUT2D eigenvalue weighted by atomic mass is 35.5. The van der Waals surface area contributed by atoms with Crippen LogP contribution in [0.3, 0.4) is 0 Å². The van der Waals surface area contributed by atoms with Gasteiger partial charge >= 0.3 is 0 Å². The molecule has 1 nitrogen and oxygen atoms in total. The fourth-order valence-electron chi connectivity index (χ4n) is 1.54. The van der Waals surface area contributed by atoms with Gasteiger partial charge in [0.1, 0.15) is 5.82 Å². The van der Waals surface area contributed by atoms with Gasteiger partial charge in [0, 0.05) is 11.4 Å². The standard InChI is InChI=1S/C13H9Cl2FOS/c1-7-6-18-13(12(7)15)11(17)4-8-2-3-9(16)5-10(8)14/h2-3,5-6H,4H2,1H3. The number of halogens is 3. The summed E-state index contributed by atoms with van der Waals surface area (Å²) < 4.78 is 12.9. The van der Waals surface area contributed by atoms with E-state index >= 15 is 0 Å². The van der Waals surface area contributed by atoms with Gasteiger partial charge < -0.3 is 0 Å². The number of carbonyl (C=O) groups is 1. The van der Waals surface area contributed by atoms with E-state index in [2.05, 4.69) is 0 Å². The first-order valence-corrected chi connectivity index (χ1v) is 6.83. The third-order valence-electron chi connectivity index (χ3n) is 2.52. The topological polar surface area (TPSA) is 17.1 Å². The Morgan fingerprint density at radius 2 is 2.11 bits per heavy atom. The zero-order valence-corrected chi connectivity index (χ0v) is 11.8. The lowest BCUT2D eigenvalue weighted by Crippen LogP contribution is -2.02. The molecule has 0 saturated heterocycles. The second-order valence-corrected chi connectivity index (χ2v) is 5.56. The molecule has 0 amide bonds. The summed E-state index contributed by atoms with van der Waals surface area (Å²) in [7, 11) is 0. The zero-order chi connectivity index (χ0) is 13.3. The Balaban J connectivity index is 2.24. The lowest BCUT2D eigenvalue weighted by atomic mass is 10.1. The maximum atomic E-state index is 12.9. The maximum absolute atomic E-state index is 12.9. The first kappa shape index (κ1) is 13.5. The highest BCUT2D eigenvalue weighted by Crippen LogP contribution is 2.29. The van der Waals surface area contributed by atoms with Gasteiger partial charge in [-0.15, -0.1) is 11.3 Å². The minimum atomic E-state index is -0.416. The van der Waals surface area contributed by atoms with Crippen LogP contribution in [0.4, 0.5) is 4.39 Å². The second kappa shape index (κ2) is 5.39. The van der Waals surface area contributed by atoms with E-state index in [1.807, 2.05) is 12.3 Å². The van der Waals surface area contributed by atoms with Crippen molar-refractivity contribution in [1.82, 2.24) is 0 Å². The van der Waals surface area contributed by atoms with E-state index in [-0.39, 0.29) is 17.2 Å². The van der Waals surface area contributed by atoms with Crippen molar-refractivity contribution >= 4 is 40.3 Å². The van der Waals surface area contributed by atoms with Crippen molar-refractivity contribution in [1.29, 1.82) is 0 Å². The van der Waals surface area contributed by atoms with Gasteiger partial charge in [0.15, 0.2) is 5.78 Å². The van der Waals surface area contributed by atoms with Crippen LogP contribution in [0.25, 0.3) is 0 Å². The predicted molar refractivity (Wildman–Crippen MR) is 73.5 cm³/mol. The third kappa shape index (κ3) is 2.74. The van der Waals surface area contributed by atoms with Gasteiger partial charge in [0.25, 0.3) is 0 Å². The minimum absolute atomic E-state index is 0.105. The van der Waals surface area contributed by atoms with Crippen LogP contribution in [0.5, 0.6) is 0 Å². The molecule has 0 radical (unpaired) electrons. The number of rotatable bonds is 3. The van der Waals surface area contributed by atoms with Crippen LogP contribution >= 0.6 is 34.5 Å². The monoisotopic (exact) mass is 302 g/mol. The average molecular weight is 303 g/mol. The Morgan fingerprint density at radius 1 is 1.39 bits per heavy atom. The van der Waals surface area contributed by atoms with Gasteiger partial charge in [-0.25, -0.2) is 4.39 Å². The summed E-state index contributed by atoms with van der Waals surface area (Å²) in [6.07, 6.45) is 0.124. The van der Waals surface area contributed by atoms with Gasteiger partial charge in [0.05, 0.1) is 9.90 Å². The molecule has 1 aromatic heterocycles. The molecule has 0 aliphatic rings. The molecule has 0 saturated carbocycles. The number of carbonyl (C=O) groups excluding carboxylic acids is 1. The quantitative estimate of drug-likeness (QED) is 0.735. The minimum Gasteiger partial charge on any atom is -0.293 e. The number of hydrogen-bond acceptors (Lipinski definition) is 2. The van der Waals surface area contributed by atoms with Crippen LogP contribution in [0.15, 0.2) is 23.6 Å². The largest absolute Gasteiger partial charge is 0.293 e. The number of hydrogen-bond donors (Lipinski definition) is 0. The van der Waals surface area contributed by atoms with Crippen molar-refractivity contribution in [3.05, 3.63) is 55.4 Å². The summed E-state index contributed by atoms with van der Waals surface area (Å²) in [5, 5.41) is 2.58. The third-order valence-corrected chi connectivity index (χ3v) is 4.61. The molecule has 18 heavy (non-hydrogen) atoms. The van der Waals surface area contributed by atoms with E-state index in [0.717, 1.165) is 5.56 Å². The van der Waals surface area contributed by atoms with Gasteiger partial charge in [0.2, 0.25) is 0 Å². The van der Waals surface area contributed by atoms with Crippen LogP contribution in [-0.2, 0) is 6.42 Å². The van der Waals surface area contributed by atoms with E-state index in [9.17, 15) is 9.18 Å². The normalized spacial score (nSPS) is 10.7. The number of thiophene rings is 1. The Bertz CT molecular complexity index is 607. The Labute approximate surface area is 118 Å². The molecular weight excluding hydrogens is 294 g/mol. The van der Waals surface area contributed by atoms with E-state index < -0.39 is 5.82 Å². The lowest BCUT2D eigenvalue weighted by molar-refractivity contribution is 0.0997. The van der Waals surface area contributed by atoms with Crippen molar-refractivity contribution in [3.8, 4) is 0 Å². The molecule has 0 aliphatic heterocycles. The molecule has 2 rings (SSSR count). The molecule has 0 aliphatic carbocycles. The van der Waals surface area contributed by atoms with E-state index in [1.165, 1.54) is 29.5 Å². The summed E-state index contributed by atoms with van der Waals surface area (Å²) in [6.45, 7) is 1.85. The molecular formula is C13H9Cl2FOS. The molecule has 2 aromatic rings. The predicted octanol–water partition coefficient (Wildman–Crippen LogP) is 4.93. The van der Waals surface area contributed by atoms with Gasteiger partial charge in [-0.05, 0) is 35.6 Å². The summed E-state index contributed by atoms with van der Waals surface area (Å²) in [6, 6.07) is 4.01. The number of aryl methyl sites for hydroxylation is 1. The lowest BCUT2D eigenvalue weighted by Gasteiger charge is -2.03. The number of benzene rings is 1. The Hall–Kier alpha value is -0.900. The molecule has 0 fully saturated rings. The first-order chi connectivity index (χ1) is 8.49. The van der Waals surface area contributed by atoms with Gasteiger partial charge in [-0.1, -0.05) is 29.3 Å². The SMILES string of the molecule is Cc1csc(C(=O)Cc2ccc(F)cc2Cl)c1Cl. The van der Waals surface area contributed by atoms with Crippen LogP contribution in [0.1, 0.15) is 20.8 Å². The summed E-state index contributed by atoms with van der Waals surface area (Å²) >= 11 is 13.2. The van der Waals surface area contributed by atoms with Gasteiger partial charge in [-0.2, -0.15) is 0 Å². The van der Waals surface area contributed by atoms with Crippen molar-refractivity contribution in [3.63, 3.8) is 0 Å². The summed E-state index contributed by atoms with van der Waals surface area (Å²) in [5.41, 5.74) is 1.49. The average Bonchev–Trinajstić information content (AvgIpc) is 2.64. The van der Waals surface area contributed by atoms with Crippen molar-refractivity contribution in [2.75, 3.05) is 0 Å². The second-order valence-electron chi connectivity index (χ2n) is 3.90. The van der Waals surface area contributed by atoms with E-state index in [4.69, 9.17) is 23.2 Å². The molecule has 5 heteroatoms. The Kier molecular flexibility index (Phi) is 4.05. The molecule has 1 heterocycles. The number of ketones is 1. The number of Topliss-reactive ketones (excluding diaryl/α,β-unsaturated/α-hetero) is 1. The smallest absolute Gasteiger partial charge is 0.178 e. The molecule has 0 unspecified atom stereocenters. The highest BCUT2D eigenvalue weighted by Gasteiger charge is 2.16. The molecule has 1 aromatic carbocycles. The van der Waals surface area contributed by atoms with Crippen LogP contribution < -0.4 is 0 Å². The summed E-state index contributed by atoms with van der Waals surface area (Å²) in [5.74, 6) is -0.521. The van der Waals surface area contributed by atoms with E-state index in [0.29, 0.717) is 15.5 Å². The van der Waals surface area contributed by atoms with Crippen molar-refractivity contribution in [2.45, 2.75) is 13.3 Å². The van der Waals surface area contributed by atoms with E-state index in [1.54, 1.807) is 0 Å². The van der Waals surface area contributed by atoms with Gasteiger partial charge in [-0.3, -0.25) is 4.79 Å². The molecule has 0 N–H and O–H groups in total. The fraction of sp³-hybridized carbons (Fsp3) is 0.154. The molecule has 0 spiro atoms. The molecule has 94 valence electrons. The first-order valence-electron chi connectivity index (χ1n) is 5.19. The Morgan fingerprint density at radius 3 is 2.67 bits per heavy atom.